The normalized spacial score (nSPS) is 25.4. The number of hydrogen-bond donors (Lipinski definition) is 1. The van der Waals surface area contributed by atoms with Crippen molar-refractivity contribution >= 4 is 23.8 Å². The van der Waals surface area contributed by atoms with Crippen molar-refractivity contribution in [2.75, 3.05) is 12.3 Å². The van der Waals surface area contributed by atoms with E-state index in [9.17, 15) is 14.7 Å². The second-order valence-corrected chi connectivity index (χ2v) is 7.61. The maximum atomic E-state index is 12.9. The minimum absolute atomic E-state index is 0.0111. The number of amides is 2. The zero-order chi connectivity index (χ0) is 15.6. The number of carbonyl (C=O) groups is 2. The lowest BCUT2D eigenvalue weighted by molar-refractivity contribution is -0.141. The van der Waals surface area contributed by atoms with E-state index in [4.69, 9.17) is 0 Å². The molecule has 5 nitrogen and oxygen atoms in total. The number of hydrogen-bond acceptors (Lipinski definition) is 3. The van der Waals surface area contributed by atoms with Crippen LogP contribution in [0, 0.1) is 5.92 Å². The molecule has 1 heterocycles. The van der Waals surface area contributed by atoms with Crippen molar-refractivity contribution < 1.29 is 14.7 Å². The van der Waals surface area contributed by atoms with Gasteiger partial charge in [-0.3, -0.25) is 4.90 Å². The molecule has 1 saturated carbocycles. The van der Waals surface area contributed by atoms with Gasteiger partial charge in [0.05, 0.1) is 5.37 Å². The molecule has 2 aliphatic rings. The summed E-state index contributed by atoms with van der Waals surface area (Å²) in [5.74, 6) is 0.0267. The fourth-order valence-electron chi connectivity index (χ4n) is 2.79. The molecular formula is C15H26N2O3S. The maximum absolute atomic E-state index is 12.9. The molecule has 0 aromatic carbocycles. The molecule has 2 atom stereocenters. The highest BCUT2D eigenvalue weighted by atomic mass is 32.2. The molecule has 6 heteroatoms. The van der Waals surface area contributed by atoms with Crippen LogP contribution in [0.3, 0.4) is 0 Å². The molecule has 0 spiro atoms. The summed E-state index contributed by atoms with van der Waals surface area (Å²) in [5, 5.41) is 9.42. The van der Waals surface area contributed by atoms with Crippen LogP contribution in [0.4, 0.5) is 4.79 Å². The predicted octanol–water partition coefficient (Wildman–Crippen LogP) is 2.86. The van der Waals surface area contributed by atoms with Gasteiger partial charge in [-0.25, -0.2) is 9.59 Å². The number of urea groups is 1. The van der Waals surface area contributed by atoms with E-state index in [1.807, 2.05) is 4.90 Å². The molecule has 1 N–H and O–H groups in total. The van der Waals surface area contributed by atoms with Gasteiger partial charge in [-0.1, -0.05) is 27.2 Å². The van der Waals surface area contributed by atoms with Crippen LogP contribution in [-0.2, 0) is 4.79 Å². The summed E-state index contributed by atoms with van der Waals surface area (Å²) in [4.78, 5) is 28.0. The number of carboxylic acids is 1. The minimum atomic E-state index is -0.880. The molecule has 0 radical (unpaired) electrons. The molecule has 120 valence electrons. The van der Waals surface area contributed by atoms with Crippen LogP contribution in [0.2, 0.25) is 0 Å². The number of thioether (sulfide) groups is 1. The zero-order valence-corrected chi connectivity index (χ0v) is 13.9. The van der Waals surface area contributed by atoms with Gasteiger partial charge in [0, 0.05) is 18.3 Å². The van der Waals surface area contributed by atoms with E-state index in [0.29, 0.717) is 17.7 Å². The van der Waals surface area contributed by atoms with Gasteiger partial charge < -0.3 is 10.0 Å². The Labute approximate surface area is 131 Å². The Morgan fingerprint density at radius 1 is 1.38 bits per heavy atom. The number of rotatable bonds is 6. The molecule has 2 fully saturated rings. The van der Waals surface area contributed by atoms with E-state index in [1.165, 1.54) is 0 Å². The largest absolute Gasteiger partial charge is 0.480 e. The highest BCUT2D eigenvalue weighted by molar-refractivity contribution is 8.00. The Kier molecular flexibility index (Phi) is 5.41. The summed E-state index contributed by atoms with van der Waals surface area (Å²) in [6, 6.07) is -0.420. The fraction of sp³-hybridized carbons (Fsp3) is 0.867. The highest BCUT2D eigenvalue weighted by Gasteiger charge is 2.45. The number of carbonyl (C=O) groups excluding carboxylic acids is 1. The lowest BCUT2D eigenvalue weighted by atomic mass is 10.2. The van der Waals surface area contributed by atoms with Gasteiger partial charge in [-0.15, -0.1) is 11.8 Å². The van der Waals surface area contributed by atoms with Crippen LogP contribution in [0.25, 0.3) is 0 Å². The third-order valence-electron chi connectivity index (χ3n) is 3.93. The van der Waals surface area contributed by atoms with Crippen LogP contribution >= 0.6 is 11.8 Å². The van der Waals surface area contributed by atoms with E-state index in [2.05, 4.69) is 20.8 Å². The Bertz CT molecular complexity index is 398. The lowest BCUT2D eigenvalue weighted by Crippen LogP contribution is -2.53. The Morgan fingerprint density at radius 3 is 2.52 bits per heavy atom. The minimum Gasteiger partial charge on any atom is -0.480 e. The van der Waals surface area contributed by atoms with Gasteiger partial charge in [-0.2, -0.15) is 0 Å². The number of nitrogens with zero attached hydrogens (tertiary/aromatic N) is 2. The molecule has 2 amide bonds. The van der Waals surface area contributed by atoms with Crippen LogP contribution in [0.1, 0.15) is 46.5 Å². The first-order valence-corrected chi connectivity index (χ1v) is 8.93. The van der Waals surface area contributed by atoms with Gasteiger partial charge >= 0.3 is 12.0 Å². The summed E-state index contributed by atoms with van der Waals surface area (Å²) in [6.07, 6.45) is 3.92. The van der Waals surface area contributed by atoms with Crippen molar-refractivity contribution in [3.8, 4) is 0 Å². The standard InChI is InChI=1S/C15H26N2O3S/c1-4-5-13-17(12(9-21-13)14(18)19)15(20)16(8-10(2)3)11-6-7-11/h10-13H,4-9H2,1-3H3,(H,18,19). The monoisotopic (exact) mass is 314 g/mol. The molecule has 0 bridgehead atoms. The molecule has 1 aliphatic heterocycles. The van der Waals surface area contributed by atoms with Gasteiger partial charge in [0.1, 0.15) is 6.04 Å². The van der Waals surface area contributed by atoms with Crippen molar-refractivity contribution in [3.63, 3.8) is 0 Å². The third kappa shape index (κ3) is 3.84. The van der Waals surface area contributed by atoms with E-state index in [-0.39, 0.29) is 11.4 Å². The average molecular weight is 314 g/mol. The van der Waals surface area contributed by atoms with Crippen molar-refractivity contribution in [1.29, 1.82) is 0 Å². The Hall–Kier alpha value is -0.910. The summed E-state index contributed by atoms with van der Waals surface area (Å²) in [7, 11) is 0. The smallest absolute Gasteiger partial charge is 0.327 e. The van der Waals surface area contributed by atoms with Crippen molar-refractivity contribution in [1.82, 2.24) is 9.80 Å². The van der Waals surface area contributed by atoms with Crippen LogP contribution < -0.4 is 0 Å². The Morgan fingerprint density at radius 2 is 2.05 bits per heavy atom. The van der Waals surface area contributed by atoms with Gasteiger partial charge in [0.15, 0.2) is 0 Å². The number of carboxylic acid groups (broad SMARTS) is 1. The van der Waals surface area contributed by atoms with Crippen LogP contribution in [0.15, 0.2) is 0 Å². The third-order valence-corrected chi connectivity index (χ3v) is 5.29. The first-order valence-electron chi connectivity index (χ1n) is 7.89. The van der Waals surface area contributed by atoms with Crippen molar-refractivity contribution in [2.24, 2.45) is 5.92 Å². The second kappa shape index (κ2) is 6.90. The SMILES string of the molecule is CCCC1SCC(C(=O)O)N1C(=O)N(CC(C)C)C1CC1. The van der Waals surface area contributed by atoms with Gasteiger partial charge in [0.25, 0.3) is 0 Å². The molecule has 2 unspecified atom stereocenters. The second-order valence-electron chi connectivity index (χ2n) is 6.40. The molecule has 0 aromatic heterocycles. The maximum Gasteiger partial charge on any atom is 0.327 e. The molecule has 0 aromatic rings. The van der Waals surface area contributed by atoms with Gasteiger partial charge in [0.2, 0.25) is 0 Å². The van der Waals surface area contributed by atoms with Crippen LogP contribution in [-0.4, -0.2) is 56.7 Å². The molecule has 21 heavy (non-hydrogen) atoms. The van der Waals surface area contributed by atoms with Crippen molar-refractivity contribution in [3.05, 3.63) is 0 Å². The van der Waals surface area contributed by atoms with E-state index < -0.39 is 12.0 Å². The molecule has 2 rings (SSSR count). The Balaban J connectivity index is 2.16. The summed E-state index contributed by atoms with van der Waals surface area (Å²) in [6.45, 7) is 6.99. The van der Waals surface area contributed by atoms with E-state index in [1.54, 1.807) is 16.7 Å². The summed E-state index contributed by atoms with van der Waals surface area (Å²) >= 11 is 1.61. The fourth-order valence-corrected chi connectivity index (χ4v) is 4.30. The zero-order valence-electron chi connectivity index (χ0n) is 13.1. The lowest BCUT2D eigenvalue weighted by Gasteiger charge is -2.34. The first kappa shape index (κ1) is 16.5. The van der Waals surface area contributed by atoms with Crippen molar-refractivity contribution in [2.45, 2.75) is 63.9 Å². The quantitative estimate of drug-likeness (QED) is 0.819. The predicted molar refractivity (Wildman–Crippen MR) is 84.4 cm³/mol. The highest BCUT2D eigenvalue weighted by Crippen LogP contribution is 2.36. The summed E-state index contributed by atoms with van der Waals surface area (Å²) < 4.78 is 0. The molecule has 1 saturated heterocycles. The number of aliphatic carboxylic acids is 1. The van der Waals surface area contributed by atoms with Crippen LogP contribution in [0.5, 0.6) is 0 Å². The van der Waals surface area contributed by atoms with E-state index in [0.717, 1.165) is 32.2 Å². The molecule has 1 aliphatic carbocycles. The molecular weight excluding hydrogens is 288 g/mol. The average Bonchev–Trinajstić information content (AvgIpc) is 3.16. The van der Waals surface area contributed by atoms with Gasteiger partial charge in [-0.05, 0) is 25.2 Å². The summed E-state index contributed by atoms with van der Waals surface area (Å²) in [5.41, 5.74) is 0. The van der Waals surface area contributed by atoms with E-state index >= 15 is 0 Å². The first-order chi connectivity index (χ1) is 9.95. The topological polar surface area (TPSA) is 60.9 Å².